The van der Waals surface area contributed by atoms with Crippen LogP contribution in [-0.4, -0.2) is 17.3 Å². The van der Waals surface area contributed by atoms with Crippen LogP contribution in [0.2, 0.25) is 0 Å². The molecule has 2 heterocycles. The largest absolute Gasteiger partial charge is 0.393 e. The van der Waals surface area contributed by atoms with Gasteiger partial charge >= 0.3 is 0 Å². The van der Waals surface area contributed by atoms with Gasteiger partial charge in [-0.3, -0.25) is 0 Å². The fraction of sp³-hybridized carbons (Fsp3) is 0.600. The van der Waals surface area contributed by atoms with Crippen molar-refractivity contribution in [3.63, 3.8) is 0 Å². The van der Waals surface area contributed by atoms with Crippen LogP contribution in [0.15, 0.2) is 17.5 Å². The van der Waals surface area contributed by atoms with Crippen molar-refractivity contribution in [2.75, 3.05) is 0 Å². The summed E-state index contributed by atoms with van der Waals surface area (Å²) in [6, 6.07) is 4.98. The van der Waals surface area contributed by atoms with Crippen molar-refractivity contribution in [3.05, 3.63) is 22.4 Å². The first kappa shape index (κ1) is 9.19. The second kappa shape index (κ2) is 3.78. The lowest BCUT2D eigenvalue weighted by Gasteiger charge is -2.31. The first-order valence-electron chi connectivity index (χ1n) is 4.73. The van der Waals surface area contributed by atoms with E-state index in [1.165, 1.54) is 4.88 Å². The molecule has 0 bridgehead atoms. The smallest absolute Gasteiger partial charge is 0.0573 e. The van der Waals surface area contributed by atoms with Crippen LogP contribution in [0.25, 0.3) is 0 Å². The van der Waals surface area contributed by atoms with Gasteiger partial charge in [-0.15, -0.1) is 11.3 Å². The zero-order chi connectivity index (χ0) is 9.26. The lowest BCUT2D eigenvalue weighted by atomic mass is 9.96. The van der Waals surface area contributed by atoms with E-state index in [0.717, 1.165) is 12.8 Å². The van der Waals surface area contributed by atoms with Gasteiger partial charge in [0.25, 0.3) is 0 Å². The number of piperidine rings is 1. The molecule has 1 aliphatic heterocycles. The average Bonchev–Trinajstić information content (AvgIpc) is 2.53. The number of rotatable bonds is 1. The van der Waals surface area contributed by atoms with Gasteiger partial charge in [-0.25, -0.2) is 0 Å². The monoisotopic (exact) mass is 197 g/mol. The highest BCUT2D eigenvalue weighted by Crippen LogP contribution is 2.28. The minimum Gasteiger partial charge on any atom is -0.393 e. The highest BCUT2D eigenvalue weighted by Gasteiger charge is 2.25. The van der Waals surface area contributed by atoms with Gasteiger partial charge in [0.2, 0.25) is 0 Å². The minimum atomic E-state index is -0.136. The quantitative estimate of drug-likeness (QED) is 0.721. The third-order valence-corrected chi connectivity index (χ3v) is 3.49. The molecule has 3 atom stereocenters. The van der Waals surface area contributed by atoms with Crippen molar-refractivity contribution < 1.29 is 5.11 Å². The van der Waals surface area contributed by atoms with Crippen molar-refractivity contribution in [2.45, 2.75) is 38.0 Å². The summed E-state index contributed by atoms with van der Waals surface area (Å²) >= 11 is 1.76. The van der Waals surface area contributed by atoms with Crippen LogP contribution in [0, 0.1) is 0 Å². The molecule has 1 fully saturated rings. The van der Waals surface area contributed by atoms with Gasteiger partial charge in [-0.1, -0.05) is 6.07 Å². The molecule has 3 heteroatoms. The van der Waals surface area contributed by atoms with E-state index in [1.807, 2.05) is 0 Å². The van der Waals surface area contributed by atoms with Crippen LogP contribution >= 0.6 is 11.3 Å². The van der Waals surface area contributed by atoms with E-state index < -0.39 is 0 Å². The molecule has 2 nitrogen and oxygen atoms in total. The maximum atomic E-state index is 9.61. The lowest BCUT2D eigenvalue weighted by Crippen LogP contribution is -2.40. The number of aliphatic hydroxyl groups is 1. The molecule has 0 saturated carbocycles. The zero-order valence-corrected chi connectivity index (χ0v) is 8.55. The number of hydrogen-bond acceptors (Lipinski definition) is 3. The lowest BCUT2D eigenvalue weighted by molar-refractivity contribution is 0.0983. The van der Waals surface area contributed by atoms with E-state index in [0.29, 0.717) is 12.1 Å². The van der Waals surface area contributed by atoms with Gasteiger partial charge in [0.05, 0.1) is 6.10 Å². The van der Waals surface area contributed by atoms with E-state index >= 15 is 0 Å². The molecule has 0 amide bonds. The maximum Gasteiger partial charge on any atom is 0.0573 e. The summed E-state index contributed by atoms with van der Waals surface area (Å²) in [5.41, 5.74) is 0. The third-order valence-electron chi connectivity index (χ3n) is 2.51. The average molecular weight is 197 g/mol. The summed E-state index contributed by atoms with van der Waals surface area (Å²) in [5.74, 6) is 0. The van der Waals surface area contributed by atoms with Crippen LogP contribution in [-0.2, 0) is 0 Å². The predicted octanol–water partition coefficient (Wildman–Crippen LogP) is 1.92. The molecular weight excluding hydrogens is 182 g/mol. The van der Waals surface area contributed by atoms with E-state index in [1.54, 1.807) is 11.3 Å². The Bertz CT molecular complexity index is 250. The second-order valence-electron chi connectivity index (χ2n) is 3.76. The fourth-order valence-corrected chi connectivity index (χ4v) is 2.74. The Hall–Kier alpha value is -0.380. The van der Waals surface area contributed by atoms with Gasteiger partial charge < -0.3 is 10.4 Å². The number of aliphatic hydroxyl groups excluding tert-OH is 1. The Kier molecular flexibility index (Phi) is 2.67. The number of nitrogens with one attached hydrogen (secondary N) is 1. The summed E-state index contributed by atoms with van der Waals surface area (Å²) in [6.45, 7) is 2.13. The predicted molar refractivity (Wildman–Crippen MR) is 54.9 cm³/mol. The zero-order valence-electron chi connectivity index (χ0n) is 7.73. The Morgan fingerprint density at radius 1 is 1.54 bits per heavy atom. The first-order valence-corrected chi connectivity index (χ1v) is 5.61. The minimum absolute atomic E-state index is 0.136. The fourth-order valence-electron chi connectivity index (χ4n) is 1.94. The third kappa shape index (κ3) is 2.10. The summed E-state index contributed by atoms with van der Waals surface area (Å²) < 4.78 is 0. The molecule has 1 aromatic heterocycles. The summed E-state index contributed by atoms with van der Waals surface area (Å²) in [6.07, 6.45) is 1.59. The van der Waals surface area contributed by atoms with Crippen LogP contribution in [0.1, 0.15) is 30.7 Å². The molecule has 72 valence electrons. The maximum absolute atomic E-state index is 9.61. The molecule has 0 spiro atoms. The van der Waals surface area contributed by atoms with Crippen molar-refractivity contribution in [1.82, 2.24) is 5.32 Å². The number of hydrogen-bond donors (Lipinski definition) is 2. The summed E-state index contributed by atoms with van der Waals surface area (Å²) in [4.78, 5) is 1.34. The van der Waals surface area contributed by atoms with Crippen molar-refractivity contribution in [2.24, 2.45) is 0 Å². The summed E-state index contributed by atoms with van der Waals surface area (Å²) in [5, 5.41) is 15.2. The molecule has 2 N–H and O–H groups in total. The van der Waals surface area contributed by atoms with Crippen LogP contribution in [0.4, 0.5) is 0 Å². The Balaban J connectivity index is 2.07. The normalized spacial score (nSPS) is 34.8. The van der Waals surface area contributed by atoms with Crippen molar-refractivity contribution in [1.29, 1.82) is 0 Å². The molecule has 2 rings (SSSR count). The highest BCUT2D eigenvalue weighted by atomic mass is 32.1. The molecule has 0 aromatic carbocycles. The number of thiophene rings is 1. The topological polar surface area (TPSA) is 32.3 Å². The molecule has 1 aliphatic rings. The van der Waals surface area contributed by atoms with Crippen LogP contribution in [0.3, 0.4) is 0 Å². The van der Waals surface area contributed by atoms with Crippen LogP contribution in [0.5, 0.6) is 0 Å². The standard InChI is InChI=1S/C10H15NOS/c1-7-5-8(12)6-9(11-7)10-3-2-4-13-10/h2-4,7-9,11-12H,5-6H2,1H3/t7-,8+,9-/m1/s1. The van der Waals surface area contributed by atoms with E-state index in [9.17, 15) is 5.11 Å². The second-order valence-corrected chi connectivity index (χ2v) is 4.74. The Morgan fingerprint density at radius 3 is 3.00 bits per heavy atom. The molecule has 0 radical (unpaired) electrons. The molecule has 1 saturated heterocycles. The molecule has 13 heavy (non-hydrogen) atoms. The van der Waals surface area contributed by atoms with Crippen LogP contribution < -0.4 is 5.32 Å². The van der Waals surface area contributed by atoms with E-state index in [2.05, 4.69) is 29.8 Å². The summed E-state index contributed by atoms with van der Waals surface area (Å²) in [7, 11) is 0. The van der Waals surface area contributed by atoms with Gasteiger partial charge in [0.1, 0.15) is 0 Å². The first-order chi connectivity index (χ1) is 6.25. The SMILES string of the molecule is C[C@@H]1C[C@H](O)C[C@H](c2cccs2)N1. The van der Waals surface area contributed by atoms with Gasteiger partial charge in [0, 0.05) is 17.0 Å². The molecule has 0 unspecified atom stereocenters. The van der Waals surface area contributed by atoms with Gasteiger partial charge in [-0.2, -0.15) is 0 Å². The van der Waals surface area contributed by atoms with Crippen molar-refractivity contribution >= 4 is 11.3 Å². The van der Waals surface area contributed by atoms with Gasteiger partial charge in [-0.05, 0) is 31.2 Å². The Labute approximate surface area is 82.6 Å². The van der Waals surface area contributed by atoms with Crippen molar-refractivity contribution in [3.8, 4) is 0 Å². The van der Waals surface area contributed by atoms with E-state index in [4.69, 9.17) is 0 Å². The van der Waals surface area contributed by atoms with E-state index in [-0.39, 0.29) is 6.10 Å². The highest BCUT2D eigenvalue weighted by molar-refractivity contribution is 7.10. The molecular formula is C10H15NOS. The Morgan fingerprint density at radius 2 is 2.38 bits per heavy atom. The molecule has 0 aliphatic carbocycles. The molecule has 1 aromatic rings. The van der Waals surface area contributed by atoms with Gasteiger partial charge in [0.15, 0.2) is 0 Å².